The Labute approximate surface area is 178 Å². The summed E-state index contributed by atoms with van der Waals surface area (Å²) in [5, 5.41) is 3.37. The number of nitrogens with zero attached hydrogens (tertiary/aromatic N) is 2. The van der Waals surface area contributed by atoms with Crippen LogP contribution in [0.15, 0.2) is 77.6 Å². The van der Waals surface area contributed by atoms with Crippen molar-refractivity contribution in [3.63, 3.8) is 0 Å². The number of aromatic nitrogens is 2. The number of hydrogen-bond donors (Lipinski definition) is 2. The van der Waals surface area contributed by atoms with Gasteiger partial charge in [-0.3, -0.25) is 4.79 Å². The molecule has 0 atom stereocenters. The quantitative estimate of drug-likeness (QED) is 0.499. The van der Waals surface area contributed by atoms with Crippen molar-refractivity contribution in [3.05, 3.63) is 106 Å². The highest BCUT2D eigenvalue weighted by Gasteiger charge is 2.17. The maximum Gasteiger partial charge on any atom is 0.322 e. The lowest BCUT2D eigenvalue weighted by Crippen LogP contribution is -2.35. The lowest BCUT2D eigenvalue weighted by molar-refractivity contribution is 0.205. The van der Waals surface area contributed by atoms with Crippen molar-refractivity contribution in [1.82, 2.24) is 14.9 Å². The Kier molecular flexibility index (Phi) is 5.75. The van der Waals surface area contributed by atoms with Gasteiger partial charge in [0.25, 0.3) is 5.56 Å². The standard InChI is InChI=1S/C24H21FN4O2/c1-16-5-4-6-19(13-16)26-24(31)29(14-17-9-11-18(25)12-10-17)15-22-27-21-8-3-2-7-20(21)23(30)28-22/h2-13H,14-15H2,1H3,(H,26,31)(H,27,28,30). The van der Waals surface area contributed by atoms with Gasteiger partial charge < -0.3 is 15.2 Å². The number of aryl methyl sites for hydroxylation is 1. The maximum atomic E-state index is 13.3. The molecule has 4 rings (SSSR count). The molecule has 0 radical (unpaired) electrons. The van der Waals surface area contributed by atoms with Crippen LogP contribution in [0.5, 0.6) is 0 Å². The SMILES string of the molecule is Cc1cccc(NC(=O)N(Cc2ccc(F)cc2)Cc2nc3ccccc3c(=O)[nH]2)c1. The van der Waals surface area contributed by atoms with Crippen molar-refractivity contribution in [2.45, 2.75) is 20.0 Å². The number of amides is 2. The van der Waals surface area contributed by atoms with Crippen LogP contribution >= 0.6 is 0 Å². The molecule has 3 aromatic carbocycles. The average Bonchev–Trinajstić information content (AvgIpc) is 2.75. The molecule has 2 amide bonds. The van der Waals surface area contributed by atoms with E-state index in [0.29, 0.717) is 22.4 Å². The molecule has 4 aromatic rings. The number of H-pyrrole nitrogens is 1. The molecule has 0 saturated carbocycles. The smallest absolute Gasteiger partial charge is 0.313 e. The van der Waals surface area contributed by atoms with Crippen molar-refractivity contribution in [3.8, 4) is 0 Å². The molecule has 7 heteroatoms. The number of para-hydroxylation sites is 1. The van der Waals surface area contributed by atoms with Crippen molar-refractivity contribution in [1.29, 1.82) is 0 Å². The molecule has 6 nitrogen and oxygen atoms in total. The predicted octanol–water partition coefficient (Wildman–Crippen LogP) is 4.60. The van der Waals surface area contributed by atoms with Gasteiger partial charge in [0.1, 0.15) is 11.6 Å². The van der Waals surface area contributed by atoms with E-state index in [1.807, 2.05) is 25.1 Å². The van der Waals surface area contributed by atoms with E-state index in [2.05, 4.69) is 15.3 Å². The van der Waals surface area contributed by atoms with Crippen LogP contribution in [-0.2, 0) is 13.1 Å². The Morgan fingerprint density at radius 1 is 1.03 bits per heavy atom. The van der Waals surface area contributed by atoms with Gasteiger partial charge in [-0.25, -0.2) is 14.2 Å². The van der Waals surface area contributed by atoms with Gasteiger partial charge in [-0.1, -0.05) is 36.4 Å². The second-order valence-electron chi connectivity index (χ2n) is 7.31. The molecule has 2 N–H and O–H groups in total. The first-order chi connectivity index (χ1) is 15.0. The van der Waals surface area contributed by atoms with Gasteiger partial charge in [0, 0.05) is 12.2 Å². The number of carbonyl (C=O) groups excluding carboxylic acids is 1. The third kappa shape index (κ3) is 4.95. The highest BCUT2D eigenvalue weighted by Crippen LogP contribution is 2.15. The molecular formula is C24H21FN4O2. The molecule has 0 aliphatic rings. The molecule has 1 heterocycles. The maximum absolute atomic E-state index is 13.3. The number of aromatic amines is 1. The summed E-state index contributed by atoms with van der Waals surface area (Å²) in [6, 6.07) is 20.1. The summed E-state index contributed by atoms with van der Waals surface area (Å²) in [5.41, 5.74) is 2.73. The zero-order valence-electron chi connectivity index (χ0n) is 16.9. The first-order valence-corrected chi connectivity index (χ1v) is 9.83. The number of urea groups is 1. The van der Waals surface area contributed by atoms with E-state index in [1.165, 1.54) is 17.0 Å². The number of rotatable bonds is 5. The summed E-state index contributed by atoms with van der Waals surface area (Å²) in [5.74, 6) is 0.0187. The van der Waals surface area contributed by atoms with Crippen LogP contribution in [0.1, 0.15) is 17.0 Å². The van der Waals surface area contributed by atoms with Gasteiger partial charge >= 0.3 is 6.03 Å². The highest BCUT2D eigenvalue weighted by atomic mass is 19.1. The van der Waals surface area contributed by atoms with Gasteiger partial charge in [-0.15, -0.1) is 0 Å². The molecule has 0 unspecified atom stereocenters. The van der Waals surface area contributed by atoms with Gasteiger partial charge in [0.15, 0.2) is 0 Å². The van der Waals surface area contributed by atoms with Crippen LogP contribution in [0.3, 0.4) is 0 Å². The van der Waals surface area contributed by atoms with Gasteiger partial charge in [-0.2, -0.15) is 0 Å². The number of hydrogen-bond acceptors (Lipinski definition) is 3. The predicted molar refractivity (Wildman–Crippen MR) is 118 cm³/mol. The molecule has 0 spiro atoms. The minimum atomic E-state index is -0.356. The number of carbonyl (C=O) groups is 1. The lowest BCUT2D eigenvalue weighted by Gasteiger charge is -2.23. The zero-order valence-corrected chi connectivity index (χ0v) is 16.9. The third-order valence-electron chi connectivity index (χ3n) is 4.85. The summed E-state index contributed by atoms with van der Waals surface area (Å²) in [7, 11) is 0. The third-order valence-corrected chi connectivity index (χ3v) is 4.85. The average molecular weight is 416 g/mol. The van der Waals surface area contributed by atoms with E-state index in [0.717, 1.165) is 11.1 Å². The fraction of sp³-hybridized carbons (Fsp3) is 0.125. The lowest BCUT2D eigenvalue weighted by atomic mass is 10.2. The van der Waals surface area contributed by atoms with Crippen LogP contribution in [0.4, 0.5) is 14.9 Å². The molecule has 1 aromatic heterocycles. The Hall–Kier alpha value is -4.00. The number of anilines is 1. The van der Waals surface area contributed by atoms with Crippen LogP contribution in [0.2, 0.25) is 0 Å². The Balaban J connectivity index is 1.63. The summed E-state index contributed by atoms with van der Waals surface area (Å²) < 4.78 is 13.3. The molecule has 0 aliphatic heterocycles. The molecule has 0 fully saturated rings. The second-order valence-corrected chi connectivity index (χ2v) is 7.31. The zero-order chi connectivity index (χ0) is 21.8. The Bertz CT molecular complexity index is 1280. The van der Waals surface area contributed by atoms with Crippen LogP contribution in [0.25, 0.3) is 10.9 Å². The number of halogens is 1. The minimum Gasteiger partial charge on any atom is -0.313 e. The van der Waals surface area contributed by atoms with Crippen LogP contribution in [0, 0.1) is 12.7 Å². The van der Waals surface area contributed by atoms with E-state index in [9.17, 15) is 14.0 Å². The van der Waals surface area contributed by atoms with Crippen LogP contribution in [-0.4, -0.2) is 20.9 Å². The Morgan fingerprint density at radius 2 is 1.81 bits per heavy atom. The van der Waals surface area contributed by atoms with Crippen molar-refractivity contribution < 1.29 is 9.18 Å². The summed E-state index contributed by atoms with van der Waals surface area (Å²) in [6.45, 7) is 2.24. The van der Waals surface area contributed by atoms with E-state index in [1.54, 1.807) is 42.5 Å². The molecule has 0 bridgehead atoms. The monoisotopic (exact) mass is 416 g/mol. The topological polar surface area (TPSA) is 78.1 Å². The number of benzene rings is 3. The molecule has 31 heavy (non-hydrogen) atoms. The molecular weight excluding hydrogens is 395 g/mol. The van der Waals surface area contributed by atoms with E-state index in [-0.39, 0.29) is 30.5 Å². The second kappa shape index (κ2) is 8.79. The van der Waals surface area contributed by atoms with Crippen molar-refractivity contribution >= 4 is 22.6 Å². The Morgan fingerprint density at radius 3 is 2.58 bits per heavy atom. The van der Waals surface area contributed by atoms with E-state index < -0.39 is 0 Å². The van der Waals surface area contributed by atoms with Crippen molar-refractivity contribution in [2.75, 3.05) is 5.32 Å². The number of nitrogens with one attached hydrogen (secondary N) is 2. The molecule has 0 aliphatic carbocycles. The summed E-state index contributed by atoms with van der Waals surface area (Å²) in [4.78, 5) is 34.3. The highest BCUT2D eigenvalue weighted by molar-refractivity contribution is 5.89. The van der Waals surface area contributed by atoms with Crippen LogP contribution < -0.4 is 10.9 Å². The van der Waals surface area contributed by atoms with Gasteiger partial charge in [0.2, 0.25) is 0 Å². The minimum absolute atomic E-state index is 0.0785. The first-order valence-electron chi connectivity index (χ1n) is 9.83. The van der Waals surface area contributed by atoms with Gasteiger partial charge in [0.05, 0.1) is 17.4 Å². The normalized spacial score (nSPS) is 10.8. The molecule has 0 saturated heterocycles. The van der Waals surface area contributed by atoms with E-state index in [4.69, 9.17) is 0 Å². The van der Waals surface area contributed by atoms with E-state index >= 15 is 0 Å². The van der Waals surface area contributed by atoms with Crippen molar-refractivity contribution in [2.24, 2.45) is 0 Å². The summed E-state index contributed by atoms with van der Waals surface area (Å²) >= 11 is 0. The first kappa shape index (κ1) is 20.3. The molecule has 156 valence electrons. The summed E-state index contributed by atoms with van der Waals surface area (Å²) in [6.07, 6.45) is 0. The fourth-order valence-corrected chi connectivity index (χ4v) is 3.33. The number of fused-ring (bicyclic) bond motifs is 1. The van der Waals surface area contributed by atoms with Gasteiger partial charge in [-0.05, 0) is 54.4 Å². The fourth-order valence-electron chi connectivity index (χ4n) is 3.33. The largest absolute Gasteiger partial charge is 0.322 e.